The average Bonchev–Trinajstić information content (AvgIpc) is 3.13. The van der Waals surface area contributed by atoms with E-state index in [1.54, 1.807) is 18.1 Å². The van der Waals surface area contributed by atoms with Crippen LogP contribution in [0.3, 0.4) is 0 Å². The van der Waals surface area contributed by atoms with Crippen LogP contribution in [0.25, 0.3) is 0 Å². The van der Waals surface area contributed by atoms with Gasteiger partial charge in [0, 0.05) is 57.6 Å². The molecule has 1 saturated heterocycles. The van der Waals surface area contributed by atoms with Crippen molar-refractivity contribution in [2.45, 2.75) is 31.5 Å². The van der Waals surface area contributed by atoms with Gasteiger partial charge in [-0.2, -0.15) is 0 Å². The van der Waals surface area contributed by atoms with Gasteiger partial charge in [0.1, 0.15) is 23.8 Å². The third-order valence-electron chi connectivity index (χ3n) is 4.99. The molecule has 3 heterocycles. The third-order valence-corrected chi connectivity index (χ3v) is 5.54. The Morgan fingerprint density at radius 1 is 1.12 bits per heavy atom. The van der Waals surface area contributed by atoms with Gasteiger partial charge in [-0.25, -0.2) is 19.9 Å². The molecular formula is C18H27N7S. The molecular weight excluding hydrogens is 346 g/mol. The Kier molecular flexibility index (Phi) is 5.50. The summed E-state index contributed by atoms with van der Waals surface area (Å²) in [7, 11) is 6.10. The topological polar surface area (TPSA) is 61.3 Å². The summed E-state index contributed by atoms with van der Waals surface area (Å²) in [6, 6.07) is 2.43. The summed E-state index contributed by atoms with van der Waals surface area (Å²) in [6.07, 6.45) is 4.73. The number of anilines is 3. The van der Waals surface area contributed by atoms with E-state index >= 15 is 0 Å². The molecule has 0 amide bonds. The van der Waals surface area contributed by atoms with Gasteiger partial charge in [-0.1, -0.05) is 11.8 Å². The predicted octanol–water partition coefficient (Wildman–Crippen LogP) is 2.39. The molecule has 7 nitrogen and oxygen atoms in total. The Bertz CT molecular complexity index is 780. The normalized spacial score (nSPS) is 16.8. The fraction of sp³-hybridized carbons (Fsp3) is 0.556. The molecule has 26 heavy (non-hydrogen) atoms. The van der Waals surface area contributed by atoms with Crippen LogP contribution in [0, 0.1) is 13.8 Å². The second-order valence-corrected chi connectivity index (χ2v) is 7.65. The second kappa shape index (κ2) is 7.65. The molecule has 0 bridgehead atoms. The second-order valence-electron chi connectivity index (χ2n) is 6.87. The molecule has 0 radical (unpaired) electrons. The van der Waals surface area contributed by atoms with E-state index in [9.17, 15) is 0 Å². The van der Waals surface area contributed by atoms with Gasteiger partial charge in [-0.15, -0.1) is 0 Å². The molecule has 0 aliphatic carbocycles. The van der Waals surface area contributed by atoms with Gasteiger partial charge in [0.05, 0.1) is 0 Å². The number of hydrogen-bond acceptors (Lipinski definition) is 8. The first-order valence-electron chi connectivity index (χ1n) is 8.77. The summed E-state index contributed by atoms with van der Waals surface area (Å²) >= 11 is 1.59. The Hall–Kier alpha value is -2.09. The molecule has 1 atom stereocenters. The minimum absolute atomic E-state index is 0.396. The number of rotatable bonds is 5. The molecule has 3 rings (SSSR count). The number of thioether (sulfide) groups is 1. The van der Waals surface area contributed by atoms with Gasteiger partial charge >= 0.3 is 0 Å². The molecule has 0 aromatic carbocycles. The number of aryl methyl sites for hydroxylation is 1. The molecule has 1 fully saturated rings. The van der Waals surface area contributed by atoms with E-state index in [2.05, 4.69) is 45.6 Å². The predicted molar refractivity (Wildman–Crippen MR) is 109 cm³/mol. The Morgan fingerprint density at radius 2 is 1.85 bits per heavy atom. The Labute approximate surface area is 159 Å². The van der Waals surface area contributed by atoms with Crippen LogP contribution in [0.1, 0.15) is 17.7 Å². The lowest BCUT2D eigenvalue weighted by Gasteiger charge is -2.27. The summed E-state index contributed by atoms with van der Waals surface area (Å²) in [5.74, 6) is 2.94. The fourth-order valence-electron chi connectivity index (χ4n) is 3.20. The van der Waals surface area contributed by atoms with Crippen molar-refractivity contribution in [2.75, 3.05) is 55.2 Å². The molecule has 8 heteroatoms. The van der Waals surface area contributed by atoms with Crippen LogP contribution < -0.4 is 14.7 Å². The lowest BCUT2D eigenvalue weighted by molar-refractivity contribution is 0.682. The van der Waals surface area contributed by atoms with Crippen LogP contribution in [0.15, 0.2) is 17.6 Å². The molecule has 0 saturated carbocycles. The molecule has 1 unspecified atom stereocenters. The van der Waals surface area contributed by atoms with E-state index in [4.69, 9.17) is 4.98 Å². The number of hydrogen-bond donors (Lipinski definition) is 0. The van der Waals surface area contributed by atoms with Gasteiger partial charge in [0.25, 0.3) is 0 Å². The summed E-state index contributed by atoms with van der Waals surface area (Å²) in [6.45, 7) is 6.10. The summed E-state index contributed by atoms with van der Waals surface area (Å²) in [5, 5.41) is 0.839. The zero-order valence-corrected chi connectivity index (χ0v) is 17.2. The van der Waals surface area contributed by atoms with Crippen molar-refractivity contribution < 1.29 is 0 Å². The highest BCUT2D eigenvalue weighted by molar-refractivity contribution is 7.98. The van der Waals surface area contributed by atoms with Crippen molar-refractivity contribution in [3.63, 3.8) is 0 Å². The van der Waals surface area contributed by atoms with Crippen LogP contribution >= 0.6 is 11.8 Å². The highest BCUT2D eigenvalue weighted by Gasteiger charge is 2.29. The zero-order chi connectivity index (χ0) is 18.8. The maximum Gasteiger partial charge on any atom is 0.189 e. The largest absolute Gasteiger partial charge is 0.363 e. The van der Waals surface area contributed by atoms with Crippen LogP contribution in [0.4, 0.5) is 17.5 Å². The lowest BCUT2D eigenvalue weighted by atomic mass is 10.2. The van der Waals surface area contributed by atoms with Crippen molar-refractivity contribution in [3.05, 3.63) is 23.7 Å². The maximum atomic E-state index is 4.76. The van der Waals surface area contributed by atoms with Crippen LogP contribution in [0.5, 0.6) is 0 Å². The molecule has 140 valence electrons. The van der Waals surface area contributed by atoms with Crippen molar-refractivity contribution in [1.82, 2.24) is 19.9 Å². The quantitative estimate of drug-likeness (QED) is 0.585. The summed E-state index contributed by atoms with van der Waals surface area (Å²) < 4.78 is 0. The first-order valence-corrected chi connectivity index (χ1v) is 9.99. The van der Waals surface area contributed by atoms with Crippen LogP contribution in [-0.4, -0.2) is 66.5 Å². The minimum Gasteiger partial charge on any atom is -0.363 e. The van der Waals surface area contributed by atoms with Crippen LogP contribution in [0.2, 0.25) is 0 Å². The van der Waals surface area contributed by atoms with Crippen molar-refractivity contribution in [2.24, 2.45) is 0 Å². The standard InChI is InChI=1S/C18H27N7S/c1-12-13(2)21-18(26-6)22-17(12)25-8-7-14(10-25)24(5)16-9-15(23(3)4)19-11-20-16/h9,11,14H,7-8,10H2,1-6H3. The molecule has 2 aromatic heterocycles. The highest BCUT2D eigenvalue weighted by Crippen LogP contribution is 2.28. The fourth-order valence-corrected chi connectivity index (χ4v) is 3.61. The van der Waals surface area contributed by atoms with Crippen molar-refractivity contribution in [3.8, 4) is 0 Å². The molecule has 0 N–H and O–H groups in total. The minimum atomic E-state index is 0.396. The third kappa shape index (κ3) is 3.70. The van der Waals surface area contributed by atoms with Gasteiger partial charge in [0.15, 0.2) is 5.16 Å². The molecule has 2 aromatic rings. The van der Waals surface area contributed by atoms with E-state index < -0.39 is 0 Å². The molecule has 1 aliphatic rings. The molecule has 1 aliphatic heterocycles. The van der Waals surface area contributed by atoms with Gasteiger partial charge in [-0.3, -0.25) is 0 Å². The highest BCUT2D eigenvalue weighted by atomic mass is 32.2. The van der Waals surface area contributed by atoms with Crippen molar-refractivity contribution >= 4 is 29.2 Å². The van der Waals surface area contributed by atoms with Gasteiger partial charge in [0.2, 0.25) is 0 Å². The molecule has 0 spiro atoms. The first kappa shape index (κ1) is 18.7. The maximum absolute atomic E-state index is 4.76. The lowest BCUT2D eigenvalue weighted by Crippen LogP contribution is -2.35. The smallest absolute Gasteiger partial charge is 0.189 e. The van der Waals surface area contributed by atoms with E-state index in [-0.39, 0.29) is 0 Å². The first-order chi connectivity index (χ1) is 12.4. The van der Waals surface area contributed by atoms with E-state index in [0.717, 1.165) is 47.8 Å². The van der Waals surface area contributed by atoms with Crippen LogP contribution in [-0.2, 0) is 0 Å². The number of likely N-dealkylation sites (N-methyl/N-ethyl adjacent to an activating group) is 1. The summed E-state index contributed by atoms with van der Waals surface area (Å²) in [5.41, 5.74) is 2.23. The number of aromatic nitrogens is 4. The average molecular weight is 374 g/mol. The monoisotopic (exact) mass is 373 g/mol. The van der Waals surface area contributed by atoms with Gasteiger partial charge in [-0.05, 0) is 26.5 Å². The zero-order valence-electron chi connectivity index (χ0n) is 16.4. The van der Waals surface area contributed by atoms with E-state index in [0.29, 0.717) is 6.04 Å². The number of nitrogens with zero attached hydrogens (tertiary/aromatic N) is 7. The van der Waals surface area contributed by atoms with Crippen molar-refractivity contribution in [1.29, 1.82) is 0 Å². The SMILES string of the molecule is CSc1nc(C)c(C)c(N2CCC(N(C)c3cc(N(C)C)ncn3)C2)n1. The van der Waals surface area contributed by atoms with E-state index in [1.165, 1.54) is 5.56 Å². The Balaban J connectivity index is 1.78. The van der Waals surface area contributed by atoms with E-state index in [1.807, 2.05) is 31.3 Å². The summed E-state index contributed by atoms with van der Waals surface area (Å²) in [4.78, 5) is 24.7. The van der Waals surface area contributed by atoms with Gasteiger partial charge < -0.3 is 14.7 Å². The Morgan fingerprint density at radius 3 is 2.54 bits per heavy atom.